The lowest BCUT2D eigenvalue weighted by Crippen LogP contribution is -2.23. The van der Waals surface area contributed by atoms with Crippen LogP contribution in [0.3, 0.4) is 0 Å². The smallest absolute Gasteiger partial charge is 0.0572 e. The SMILES string of the molecule is CC[C@H](N)c1ccc(N2CCCc3ccccc3C2)cn1. The predicted molar refractivity (Wildman–Crippen MR) is 87.3 cm³/mol. The van der Waals surface area contributed by atoms with Crippen molar-refractivity contribution >= 4 is 5.69 Å². The highest BCUT2D eigenvalue weighted by Crippen LogP contribution is 2.24. The fourth-order valence-electron chi connectivity index (χ4n) is 2.93. The molecule has 0 radical (unpaired) electrons. The summed E-state index contributed by atoms with van der Waals surface area (Å²) in [5, 5.41) is 0. The van der Waals surface area contributed by atoms with Gasteiger partial charge in [-0.25, -0.2) is 0 Å². The second-order valence-electron chi connectivity index (χ2n) is 5.75. The molecule has 0 amide bonds. The van der Waals surface area contributed by atoms with E-state index in [1.807, 2.05) is 6.20 Å². The number of aryl methyl sites for hydroxylation is 1. The maximum absolute atomic E-state index is 6.03. The number of hydrogen-bond acceptors (Lipinski definition) is 3. The van der Waals surface area contributed by atoms with E-state index in [0.717, 1.165) is 25.2 Å². The average molecular weight is 281 g/mol. The van der Waals surface area contributed by atoms with Crippen molar-refractivity contribution in [3.05, 3.63) is 59.4 Å². The molecule has 0 saturated carbocycles. The number of anilines is 1. The quantitative estimate of drug-likeness (QED) is 0.937. The third-order valence-electron chi connectivity index (χ3n) is 4.31. The zero-order valence-electron chi connectivity index (χ0n) is 12.6. The van der Waals surface area contributed by atoms with Crippen molar-refractivity contribution in [2.45, 2.75) is 38.8 Å². The first-order chi connectivity index (χ1) is 10.3. The number of nitrogens with zero attached hydrogens (tertiary/aromatic N) is 2. The fraction of sp³-hybridized carbons (Fsp3) is 0.389. The fourth-order valence-corrected chi connectivity index (χ4v) is 2.93. The minimum Gasteiger partial charge on any atom is -0.366 e. The second-order valence-corrected chi connectivity index (χ2v) is 5.75. The van der Waals surface area contributed by atoms with Gasteiger partial charge in [0, 0.05) is 19.1 Å². The van der Waals surface area contributed by atoms with Gasteiger partial charge in [0.05, 0.1) is 17.6 Å². The van der Waals surface area contributed by atoms with Crippen molar-refractivity contribution in [1.82, 2.24) is 4.98 Å². The summed E-state index contributed by atoms with van der Waals surface area (Å²) in [6, 6.07) is 13.0. The molecular weight excluding hydrogens is 258 g/mol. The van der Waals surface area contributed by atoms with Crippen LogP contribution >= 0.6 is 0 Å². The Labute approximate surface area is 126 Å². The van der Waals surface area contributed by atoms with Crippen molar-refractivity contribution in [2.75, 3.05) is 11.4 Å². The molecule has 1 aromatic carbocycles. The number of fused-ring (bicyclic) bond motifs is 1. The highest BCUT2D eigenvalue weighted by atomic mass is 15.1. The minimum atomic E-state index is 0.0453. The van der Waals surface area contributed by atoms with Crippen LogP contribution in [0.2, 0.25) is 0 Å². The monoisotopic (exact) mass is 281 g/mol. The van der Waals surface area contributed by atoms with Gasteiger partial charge in [-0.15, -0.1) is 0 Å². The number of hydrogen-bond donors (Lipinski definition) is 1. The molecule has 0 bridgehead atoms. The predicted octanol–water partition coefficient (Wildman–Crippen LogP) is 3.44. The molecule has 0 aliphatic carbocycles. The molecule has 0 unspecified atom stereocenters. The highest BCUT2D eigenvalue weighted by Gasteiger charge is 2.15. The number of benzene rings is 1. The van der Waals surface area contributed by atoms with Gasteiger partial charge in [0.25, 0.3) is 0 Å². The van der Waals surface area contributed by atoms with Crippen molar-refractivity contribution in [1.29, 1.82) is 0 Å². The first kappa shape index (κ1) is 14.1. The van der Waals surface area contributed by atoms with Crippen molar-refractivity contribution < 1.29 is 0 Å². The summed E-state index contributed by atoms with van der Waals surface area (Å²) >= 11 is 0. The number of aromatic nitrogens is 1. The van der Waals surface area contributed by atoms with Gasteiger partial charge in [-0.3, -0.25) is 4.98 Å². The van der Waals surface area contributed by atoms with Crippen LogP contribution in [0.4, 0.5) is 5.69 Å². The van der Waals surface area contributed by atoms with Crippen LogP contribution in [0.25, 0.3) is 0 Å². The van der Waals surface area contributed by atoms with E-state index in [1.54, 1.807) is 0 Å². The first-order valence-corrected chi connectivity index (χ1v) is 7.81. The Bertz CT molecular complexity index is 592. The van der Waals surface area contributed by atoms with Crippen LogP contribution in [0.1, 0.15) is 42.6 Å². The largest absolute Gasteiger partial charge is 0.366 e. The molecule has 3 heteroatoms. The Morgan fingerprint density at radius 3 is 2.71 bits per heavy atom. The zero-order valence-corrected chi connectivity index (χ0v) is 12.6. The molecule has 2 aromatic rings. The van der Waals surface area contributed by atoms with Gasteiger partial charge in [-0.2, -0.15) is 0 Å². The zero-order chi connectivity index (χ0) is 14.7. The van der Waals surface area contributed by atoms with Crippen LogP contribution in [0.5, 0.6) is 0 Å². The summed E-state index contributed by atoms with van der Waals surface area (Å²) in [5.74, 6) is 0. The van der Waals surface area contributed by atoms with E-state index in [0.29, 0.717) is 0 Å². The van der Waals surface area contributed by atoms with E-state index in [9.17, 15) is 0 Å². The van der Waals surface area contributed by atoms with Gasteiger partial charge in [-0.05, 0) is 42.5 Å². The molecule has 1 atom stereocenters. The van der Waals surface area contributed by atoms with Crippen molar-refractivity contribution in [3.8, 4) is 0 Å². The van der Waals surface area contributed by atoms with Crippen LogP contribution in [0.15, 0.2) is 42.6 Å². The van der Waals surface area contributed by atoms with E-state index in [1.165, 1.54) is 29.7 Å². The number of rotatable bonds is 3. The Kier molecular flexibility index (Phi) is 4.20. The minimum absolute atomic E-state index is 0.0453. The van der Waals surface area contributed by atoms with Crippen LogP contribution in [-0.2, 0) is 13.0 Å². The van der Waals surface area contributed by atoms with E-state index in [2.05, 4.69) is 53.2 Å². The van der Waals surface area contributed by atoms with E-state index >= 15 is 0 Å². The summed E-state index contributed by atoms with van der Waals surface area (Å²) in [4.78, 5) is 6.96. The molecule has 1 aliphatic heterocycles. The van der Waals surface area contributed by atoms with E-state index in [4.69, 9.17) is 5.73 Å². The third kappa shape index (κ3) is 3.08. The molecular formula is C18H23N3. The summed E-state index contributed by atoms with van der Waals surface area (Å²) < 4.78 is 0. The van der Waals surface area contributed by atoms with Crippen molar-refractivity contribution in [3.63, 3.8) is 0 Å². The van der Waals surface area contributed by atoms with Gasteiger partial charge in [0.1, 0.15) is 0 Å². The van der Waals surface area contributed by atoms with Crippen LogP contribution in [-0.4, -0.2) is 11.5 Å². The molecule has 21 heavy (non-hydrogen) atoms. The van der Waals surface area contributed by atoms with E-state index in [-0.39, 0.29) is 6.04 Å². The average Bonchev–Trinajstić information content (AvgIpc) is 2.76. The molecule has 3 nitrogen and oxygen atoms in total. The Morgan fingerprint density at radius 1 is 1.19 bits per heavy atom. The number of pyridine rings is 1. The lowest BCUT2D eigenvalue weighted by Gasteiger charge is -2.23. The van der Waals surface area contributed by atoms with Gasteiger partial charge < -0.3 is 10.6 Å². The molecule has 2 N–H and O–H groups in total. The molecule has 2 heterocycles. The maximum atomic E-state index is 6.03. The van der Waals surface area contributed by atoms with Crippen LogP contribution < -0.4 is 10.6 Å². The lowest BCUT2D eigenvalue weighted by atomic mass is 10.0. The first-order valence-electron chi connectivity index (χ1n) is 7.81. The Morgan fingerprint density at radius 2 is 2.00 bits per heavy atom. The highest BCUT2D eigenvalue weighted by molar-refractivity contribution is 5.47. The molecule has 0 fully saturated rings. The third-order valence-corrected chi connectivity index (χ3v) is 4.31. The van der Waals surface area contributed by atoms with E-state index < -0.39 is 0 Å². The molecule has 0 spiro atoms. The van der Waals surface area contributed by atoms with Gasteiger partial charge in [0.15, 0.2) is 0 Å². The Balaban J connectivity index is 1.81. The second kappa shape index (κ2) is 6.27. The molecule has 3 rings (SSSR count). The van der Waals surface area contributed by atoms with Crippen molar-refractivity contribution in [2.24, 2.45) is 5.73 Å². The summed E-state index contributed by atoms with van der Waals surface area (Å²) in [6.45, 7) is 4.14. The standard InChI is InChI=1S/C18H23N3/c1-2-17(19)18-10-9-16(12-20-18)21-11-5-8-14-6-3-4-7-15(14)13-21/h3-4,6-7,9-10,12,17H,2,5,8,11,13,19H2,1H3/t17-/m0/s1. The van der Waals surface area contributed by atoms with Crippen LogP contribution in [0, 0.1) is 0 Å². The maximum Gasteiger partial charge on any atom is 0.0572 e. The normalized spacial score (nSPS) is 16.2. The number of nitrogens with two attached hydrogens (primary N) is 1. The molecule has 1 aromatic heterocycles. The Hall–Kier alpha value is -1.87. The van der Waals surface area contributed by atoms with Gasteiger partial charge in [0.2, 0.25) is 0 Å². The topological polar surface area (TPSA) is 42.1 Å². The summed E-state index contributed by atoms with van der Waals surface area (Å²) in [7, 11) is 0. The lowest BCUT2D eigenvalue weighted by molar-refractivity contribution is 0.674. The molecule has 0 saturated heterocycles. The van der Waals surface area contributed by atoms with Gasteiger partial charge >= 0.3 is 0 Å². The summed E-state index contributed by atoms with van der Waals surface area (Å²) in [6.07, 6.45) is 5.24. The summed E-state index contributed by atoms with van der Waals surface area (Å²) in [5.41, 5.74) is 11.1. The molecule has 1 aliphatic rings. The van der Waals surface area contributed by atoms with Gasteiger partial charge in [-0.1, -0.05) is 31.2 Å². The molecule has 110 valence electrons.